The molecule has 90 valence electrons. The Morgan fingerprint density at radius 2 is 2.18 bits per heavy atom. The van der Waals surface area contributed by atoms with Crippen LogP contribution in [0.4, 0.5) is 0 Å². The minimum absolute atomic E-state index is 0.00111. The molecule has 0 saturated heterocycles. The smallest absolute Gasteiger partial charge is 0.0839 e. The lowest BCUT2D eigenvalue weighted by Gasteiger charge is -2.16. The summed E-state index contributed by atoms with van der Waals surface area (Å²) in [5.41, 5.74) is 1.97. The Hall–Kier alpha value is -0.840. The van der Waals surface area contributed by atoms with Crippen LogP contribution >= 0.6 is 27.5 Å². The highest BCUT2D eigenvalue weighted by Gasteiger charge is 2.17. The average Bonchev–Trinajstić information content (AvgIpc) is 2.71. The molecule has 0 radical (unpaired) electrons. The standard InChI is InChI=1S/C12H13BrClN3/c1-15-12(11-5-6-17(2)16-11)9-7-8(13)3-4-10(9)14/h3-7,12,15H,1-2H3. The molecule has 0 spiro atoms. The van der Waals surface area contributed by atoms with Gasteiger partial charge in [0.15, 0.2) is 0 Å². The van der Waals surface area contributed by atoms with Crippen LogP contribution in [0, 0.1) is 0 Å². The van der Waals surface area contributed by atoms with Crippen LogP contribution in [0.2, 0.25) is 5.02 Å². The van der Waals surface area contributed by atoms with Crippen molar-refractivity contribution in [2.45, 2.75) is 6.04 Å². The quantitative estimate of drug-likeness (QED) is 0.943. The number of hydrogen-bond acceptors (Lipinski definition) is 2. The third-order valence-electron chi connectivity index (χ3n) is 2.59. The molecule has 0 aliphatic carbocycles. The SMILES string of the molecule is CNC(c1ccn(C)n1)c1cc(Br)ccc1Cl. The first-order valence-electron chi connectivity index (χ1n) is 5.23. The Morgan fingerprint density at radius 3 is 2.76 bits per heavy atom. The highest BCUT2D eigenvalue weighted by molar-refractivity contribution is 9.10. The zero-order chi connectivity index (χ0) is 12.4. The van der Waals surface area contributed by atoms with E-state index in [-0.39, 0.29) is 6.04 Å². The molecule has 1 N–H and O–H groups in total. The van der Waals surface area contributed by atoms with Crippen molar-refractivity contribution < 1.29 is 0 Å². The summed E-state index contributed by atoms with van der Waals surface area (Å²) in [5, 5.41) is 8.38. The monoisotopic (exact) mass is 313 g/mol. The van der Waals surface area contributed by atoms with Crippen molar-refractivity contribution in [2.24, 2.45) is 7.05 Å². The lowest BCUT2D eigenvalue weighted by Crippen LogP contribution is -2.18. The van der Waals surface area contributed by atoms with Crippen LogP contribution in [0.5, 0.6) is 0 Å². The molecule has 2 rings (SSSR count). The van der Waals surface area contributed by atoms with Crippen molar-refractivity contribution in [1.82, 2.24) is 15.1 Å². The van der Waals surface area contributed by atoms with Gasteiger partial charge >= 0.3 is 0 Å². The first-order chi connectivity index (χ1) is 8.11. The van der Waals surface area contributed by atoms with Crippen molar-refractivity contribution in [3.63, 3.8) is 0 Å². The Kier molecular flexibility index (Phi) is 3.86. The van der Waals surface area contributed by atoms with E-state index < -0.39 is 0 Å². The van der Waals surface area contributed by atoms with Gasteiger partial charge in [-0.1, -0.05) is 27.5 Å². The van der Waals surface area contributed by atoms with Gasteiger partial charge in [0.1, 0.15) is 0 Å². The number of rotatable bonds is 3. The van der Waals surface area contributed by atoms with E-state index >= 15 is 0 Å². The van der Waals surface area contributed by atoms with E-state index in [1.165, 1.54) is 0 Å². The van der Waals surface area contributed by atoms with E-state index in [9.17, 15) is 0 Å². The Morgan fingerprint density at radius 1 is 1.41 bits per heavy atom. The van der Waals surface area contributed by atoms with Gasteiger partial charge in [-0.05, 0) is 36.9 Å². The Labute approximate surface area is 114 Å². The minimum atomic E-state index is 0.00111. The summed E-state index contributed by atoms with van der Waals surface area (Å²) in [6, 6.07) is 7.81. The van der Waals surface area contributed by atoms with Crippen LogP contribution < -0.4 is 5.32 Å². The fraction of sp³-hybridized carbons (Fsp3) is 0.250. The Balaban J connectivity index is 2.45. The maximum absolute atomic E-state index is 6.23. The lowest BCUT2D eigenvalue weighted by atomic mass is 10.0. The number of nitrogens with one attached hydrogen (secondary N) is 1. The highest BCUT2D eigenvalue weighted by atomic mass is 79.9. The molecule has 0 bridgehead atoms. The van der Waals surface area contributed by atoms with Crippen molar-refractivity contribution >= 4 is 27.5 Å². The Bertz CT molecular complexity index is 524. The van der Waals surface area contributed by atoms with Crippen LogP contribution in [-0.4, -0.2) is 16.8 Å². The predicted molar refractivity (Wildman–Crippen MR) is 73.3 cm³/mol. The molecule has 0 aliphatic heterocycles. The molecule has 0 amide bonds. The summed E-state index contributed by atoms with van der Waals surface area (Å²) in [7, 11) is 3.80. The summed E-state index contributed by atoms with van der Waals surface area (Å²) < 4.78 is 2.79. The largest absolute Gasteiger partial charge is 0.308 e. The second-order valence-electron chi connectivity index (χ2n) is 3.80. The molecular formula is C12H13BrClN3. The van der Waals surface area contributed by atoms with Gasteiger partial charge in [-0.15, -0.1) is 0 Å². The summed E-state index contributed by atoms with van der Waals surface area (Å²) in [4.78, 5) is 0. The van der Waals surface area contributed by atoms with Gasteiger partial charge in [-0.3, -0.25) is 4.68 Å². The normalized spacial score (nSPS) is 12.7. The van der Waals surface area contributed by atoms with Gasteiger partial charge in [-0.2, -0.15) is 5.10 Å². The summed E-state index contributed by atoms with van der Waals surface area (Å²) in [5.74, 6) is 0. The number of hydrogen-bond donors (Lipinski definition) is 1. The molecule has 1 unspecified atom stereocenters. The van der Waals surface area contributed by atoms with Crippen LogP contribution in [-0.2, 0) is 7.05 Å². The van der Waals surface area contributed by atoms with E-state index in [2.05, 4.69) is 26.3 Å². The third kappa shape index (κ3) is 2.70. The number of nitrogens with zero attached hydrogens (tertiary/aromatic N) is 2. The maximum Gasteiger partial charge on any atom is 0.0839 e. The number of halogens is 2. The van der Waals surface area contributed by atoms with Crippen molar-refractivity contribution in [2.75, 3.05) is 7.05 Å². The first-order valence-corrected chi connectivity index (χ1v) is 6.40. The van der Waals surface area contributed by atoms with Crippen molar-refractivity contribution in [3.8, 4) is 0 Å². The molecule has 2 aromatic rings. The fourth-order valence-corrected chi connectivity index (χ4v) is 2.39. The van der Waals surface area contributed by atoms with Crippen molar-refractivity contribution in [1.29, 1.82) is 0 Å². The lowest BCUT2D eigenvalue weighted by molar-refractivity contribution is 0.642. The third-order valence-corrected chi connectivity index (χ3v) is 3.43. The molecule has 1 heterocycles. The van der Waals surface area contributed by atoms with Gasteiger partial charge < -0.3 is 5.32 Å². The van der Waals surface area contributed by atoms with Crippen LogP contribution in [0.3, 0.4) is 0 Å². The topological polar surface area (TPSA) is 29.9 Å². The average molecular weight is 315 g/mol. The van der Waals surface area contributed by atoms with E-state index in [1.807, 2.05) is 44.6 Å². The summed E-state index contributed by atoms with van der Waals surface area (Å²) in [6.07, 6.45) is 1.92. The van der Waals surface area contributed by atoms with Gasteiger partial charge in [-0.25, -0.2) is 0 Å². The summed E-state index contributed by atoms with van der Waals surface area (Å²) >= 11 is 9.69. The maximum atomic E-state index is 6.23. The van der Waals surface area contributed by atoms with Gasteiger partial charge in [0.25, 0.3) is 0 Å². The molecule has 1 atom stereocenters. The summed E-state index contributed by atoms with van der Waals surface area (Å²) in [6.45, 7) is 0. The van der Waals surface area contributed by atoms with E-state index in [0.29, 0.717) is 0 Å². The zero-order valence-corrected chi connectivity index (χ0v) is 12.0. The second kappa shape index (κ2) is 5.21. The minimum Gasteiger partial charge on any atom is -0.308 e. The van der Waals surface area contributed by atoms with E-state index in [0.717, 1.165) is 20.8 Å². The zero-order valence-electron chi connectivity index (χ0n) is 9.61. The van der Waals surface area contributed by atoms with Gasteiger partial charge in [0.05, 0.1) is 11.7 Å². The van der Waals surface area contributed by atoms with Crippen LogP contribution in [0.25, 0.3) is 0 Å². The molecule has 0 fully saturated rings. The van der Waals surface area contributed by atoms with Crippen LogP contribution in [0.15, 0.2) is 34.9 Å². The molecule has 1 aromatic carbocycles. The first kappa shape index (κ1) is 12.6. The number of aryl methyl sites for hydroxylation is 1. The molecule has 1 aromatic heterocycles. The molecule has 0 saturated carbocycles. The molecule has 5 heteroatoms. The molecular weight excluding hydrogens is 302 g/mol. The van der Waals surface area contributed by atoms with Crippen molar-refractivity contribution in [3.05, 3.63) is 51.2 Å². The fourth-order valence-electron chi connectivity index (χ4n) is 1.79. The second-order valence-corrected chi connectivity index (χ2v) is 5.12. The highest BCUT2D eigenvalue weighted by Crippen LogP contribution is 2.29. The van der Waals surface area contributed by atoms with Gasteiger partial charge in [0, 0.05) is 22.7 Å². The van der Waals surface area contributed by atoms with E-state index in [1.54, 1.807) is 4.68 Å². The predicted octanol–water partition coefficient (Wildman–Crippen LogP) is 3.14. The molecule has 0 aliphatic rings. The van der Waals surface area contributed by atoms with Gasteiger partial charge in [0.2, 0.25) is 0 Å². The van der Waals surface area contributed by atoms with Crippen LogP contribution in [0.1, 0.15) is 17.3 Å². The number of benzene rings is 1. The molecule has 3 nitrogen and oxygen atoms in total. The molecule has 17 heavy (non-hydrogen) atoms. The van der Waals surface area contributed by atoms with E-state index in [4.69, 9.17) is 11.6 Å². The number of aromatic nitrogens is 2.